The fourth-order valence-corrected chi connectivity index (χ4v) is 3.04. The number of halogens is 1. The molecule has 0 atom stereocenters. The number of piperazine rings is 1. The van der Waals surface area contributed by atoms with Crippen LogP contribution in [0.15, 0.2) is 42.0 Å². The first-order valence-electron chi connectivity index (χ1n) is 6.78. The first kappa shape index (κ1) is 16.5. The van der Waals surface area contributed by atoms with Crippen LogP contribution in [0.1, 0.15) is 20.0 Å². The molecule has 2 amide bonds. The highest BCUT2D eigenvalue weighted by atomic mass is 35.5. The lowest BCUT2D eigenvalue weighted by atomic mass is 10.2. The highest BCUT2D eigenvalue weighted by Crippen LogP contribution is 2.14. The van der Waals surface area contributed by atoms with E-state index in [2.05, 4.69) is 4.98 Å². The largest absolute Gasteiger partial charge is 0.335 e. The Morgan fingerprint density at radius 2 is 1.55 bits per heavy atom. The van der Waals surface area contributed by atoms with Gasteiger partial charge in [0, 0.05) is 44.1 Å². The van der Waals surface area contributed by atoms with Crippen molar-refractivity contribution < 1.29 is 9.59 Å². The topological polar surface area (TPSA) is 53.5 Å². The SMILES string of the molecule is Cl.O=C(c1ccncc1)N1CCN(C(=O)c2cccs2)CC1. The number of thiophene rings is 1. The van der Waals surface area contributed by atoms with Gasteiger partial charge in [-0.1, -0.05) is 6.07 Å². The van der Waals surface area contributed by atoms with Crippen LogP contribution in [-0.4, -0.2) is 52.8 Å². The molecule has 0 bridgehead atoms. The molecular weight excluding hydrogens is 322 g/mol. The number of rotatable bonds is 2. The minimum Gasteiger partial charge on any atom is -0.335 e. The summed E-state index contributed by atoms with van der Waals surface area (Å²) in [6.07, 6.45) is 3.23. The quantitative estimate of drug-likeness (QED) is 0.844. The predicted molar refractivity (Wildman–Crippen MR) is 87.6 cm³/mol. The van der Waals surface area contributed by atoms with Crippen LogP contribution in [0.25, 0.3) is 0 Å². The van der Waals surface area contributed by atoms with Crippen LogP contribution >= 0.6 is 23.7 Å². The normalized spacial score (nSPS) is 14.4. The average molecular weight is 338 g/mol. The number of aromatic nitrogens is 1. The van der Waals surface area contributed by atoms with Crippen LogP contribution in [0.3, 0.4) is 0 Å². The standard InChI is InChI=1S/C15H15N3O2S.ClH/c19-14(12-3-5-16-6-4-12)17-7-9-18(10-8-17)15(20)13-2-1-11-21-13;/h1-6,11H,7-10H2;1H. The molecule has 1 aliphatic heterocycles. The maximum Gasteiger partial charge on any atom is 0.264 e. The number of nitrogens with zero attached hydrogens (tertiary/aromatic N) is 3. The van der Waals surface area contributed by atoms with Crippen molar-refractivity contribution >= 4 is 35.6 Å². The maximum atomic E-state index is 12.3. The summed E-state index contributed by atoms with van der Waals surface area (Å²) >= 11 is 1.45. The van der Waals surface area contributed by atoms with Gasteiger partial charge in [-0.25, -0.2) is 0 Å². The summed E-state index contributed by atoms with van der Waals surface area (Å²) in [4.78, 5) is 32.8. The van der Waals surface area contributed by atoms with Crippen molar-refractivity contribution in [2.75, 3.05) is 26.2 Å². The van der Waals surface area contributed by atoms with Gasteiger partial charge in [-0.2, -0.15) is 0 Å². The Morgan fingerprint density at radius 3 is 2.09 bits per heavy atom. The number of hydrogen-bond donors (Lipinski definition) is 0. The molecule has 0 radical (unpaired) electrons. The van der Waals surface area contributed by atoms with Gasteiger partial charge in [0.25, 0.3) is 11.8 Å². The molecule has 0 N–H and O–H groups in total. The highest BCUT2D eigenvalue weighted by Gasteiger charge is 2.25. The third-order valence-electron chi connectivity index (χ3n) is 3.51. The Kier molecular flexibility index (Phi) is 5.51. The molecule has 2 aromatic heterocycles. The van der Waals surface area contributed by atoms with Crippen molar-refractivity contribution in [2.24, 2.45) is 0 Å². The van der Waals surface area contributed by atoms with Gasteiger partial charge in [-0.3, -0.25) is 14.6 Å². The minimum atomic E-state index is 0. The molecule has 2 aromatic rings. The van der Waals surface area contributed by atoms with Crippen molar-refractivity contribution in [1.82, 2.24) is 14.8 Å². The first-order valence-corrected chi connectivity index (χ1v) is 7.66. The molecule has 5 nitrogen and oxygen atoms in total. The number of carbonyl (C=O) groups excluding carboxylic acids is 2. The third kappa shape index (κ3) is 3.45. The van der Waals surface area contributed by atoms with Crippen molar-refractivity contribution in [2.45, 2.75) is 0 Å². The zero-order valence-corrected chi connectivity index (χ0v) is 13.5. The molecule has 116 valence electrons. The van der Waals surface area contributed by atoms with E-state index in [0.29, 0.717) is 31.7 Å². The predicted octanol–water partition coefficient (Wildman–Crippen LogP) is 2.16. The summed E-state index contributed by atoms with van der Waals surface area (Å²) in [5.41, 5.74) is 0.642. The van der Waals surface area contributed by atoms with E-state index in [1.165, 1.54) is 11.3 Å². The van der Waals surface area contributed by atoms with Gasteiger partial charge in [0.2, 0.25) is 0 Å². The number of carbonyl (C=O) groups is 2. The van der Waals surface area contributed by atoms with E-state index in [0.717, 1.165) is 4.88 Å². The van der Waals surface area contributed by atoms with E-state index in [4.69, 9.17) is 0 Å². The van der Waals surface area contributed by atoms with Gasteiger partial charge < -0.3 is 9.80 Å². The van der Waals surface area contributed by atoms with E-state index in [-0.39, 0.29) is 24.2 Å². The van der Waals surface area contributed by atoms with Gasteiger partial charge in [0.1, 0.15) is 0 Å². The van der Waals surface area contributed by atoms with Crippen molar-refractivity contribution in [1.29, 1.82) is 0 Å². The summed E-state index contributed by atoms with van der Waals surface area (Å²) in [6.45, 7) is 2.29. The molecule has 0 aliphatic carbocycles. The fraction of sp³-hybridized carbons (Fsp3) is 0.267. The van der Waals surface area contributed by atoms with E-state index >= 15 is 0 Å². The molecule has 0 unspecified atom stereocenters. The van der Waals surface area contributed by atoms with Crippen molar-refractivity contribution in [3.8, 4) is 0 Å². The lowest BCUT2D eigenvalue weighted by Gasteiger charge is -2.34. The monoisotopic (exact) mass is 337 g/mol. The summed E-state index contributed by atoms with van der Waals surface area (Å²) in [7, 11) is 0. The van der Waals surface area contributed by atoms with Crippen LogP contribution in [0, 0.1) is 0 Å². The lowest BCUT2D eigenvalue weighted by molar-refractivity contribution is 0.0538. The number of hydrogen-bond acceptors (Lipinski definition) is 4. The fourth-order valence-electron chi connectivity index (χ4n) is 2.35. The van der Waals surface area contributed by atoms with Crippen LogP contribution < -0.4 is 0 Å². The van der Waals surface area contributed by atoms with Crippen LogP contribution in [0.2, 0.25) is 0 Å². The summed E-state index contributed by atoms with van der Waals surface area (Å²) < 4.78 is 0. The summed E-state index contributed by atoms with van der Waals surface area (Å²) in [5.74, 6) is 0.0571. The highest BCUT2D eigenvalue weighted by molar-refractivity contribution is 7.12. The molecular formula is C15H16ClN3O2S. The zero-order valence-electron chi connectivity index (χ0n) is 11.8. The van der Waals surface area contributed by atoms with Gasteiger partial charge in [-0.15, -0.1) is 23.7 Å². The van der Waals surface area contributed by atoms with Crippen LogP contribution in [-0.2, 0) is 0 Å². The Labute approximate surface area is 139 Å². The second kappa shape index (κ2) is 7.38. The smallest absolute Gasteiger partial charge is 0.264 e. The van der Waals surface area contributed by atoms with E-state index in [9.17, 15) is 9.59 Å². The Balaban J connectivity index is 0.00000176. The van der Waals surface area contributed by atoms with Gasteiger partial charge in [0.15, 0.2) is 0 Å². The van der Waals surface area contributed by atoms with Gasteiger partial charge in [0.05, 0.1) is 4.88 Å². The van der Waals surface area contributed by atoms with E-state index in [1.807, 2.05) is 22.4 Å². The summed E-state index contributed by atoms with van der Waals surface area (Å²) in [5, 5.41) is 1.90. The molecule has 7 heteroatoms. The van der Waals surface area contributed by atoms with Crippen LogP contribution in [0.4, 0.5) is 0 Å². The summed E-state index contributed by atoms with van der Waals surface area (Å²) in [6, 6.07) is 7.14. The van der Waals surface area contributed by atoms with Gasteiger partial charge in [-0.05, 0) is 23.6 Å². The van der Waals surface area contributed by atoms with E-state index < -0.39 is 0 Å². The first-order chi connectivity index (χ1) is 10.3. The molecule has 22 heavy (non-hydrogen) atoms. The Bertz CT molecular complexity index is 626. The molecule has 1 saturated heterocycles. The van der Waals surface area contributed by atoms with Crippen molar-refractivity contribution in [3.63, 3.8) is 0 Å². The average Bonchev–Trinajstić information content (AvgIpc) is 3.09. The zero-order chi connectivity index (χ0) is 14.7. The molecule has 0 saturated carbocycles. The molecule has 3 rings (SSSR count). The Morgan fingerprint density at radius 1 is 0.955 bits per heavy atom. The Hall–Kier alpha value is -1.92. The molecule has 1 fully saturated rings. The maximum absolute atomic E-state index is 12.3. The van der Waals surface area contributed by atoms with Gasteiger partial charge >= 0.3 is 0 Å². The number of pyridine rings is 1. The second-order valence-corrected chi connectivity index (χ2v) is 5.75. The molecule has 1 aliphatic rings. The molecule has 0 spiro atoms. The second-order valence-electron chi connectivity index (χ2n) is 4.80. The number of amides is 2. The van der Waals surface area contributed by atoms with Crippen molar-refractivity contribution in [3.05, 3.63) is 52.5 Å². The van der Waals surface area contributed by atoms with Crippen LogP contribution in [0.5, 0.6) is 0 Å². The van der Waals surface area contributed by atoms with E-state index in [1.54, 1.807) is 29.4 Å². The molecule has 0 aromatic carbocycles. The lowest BCUT2D eigenvalue weighted by Crippen LogP contribution is -2.50. The third-order valence-corrected chi connectivity index (χ3v) is 4.37. The minimum absolute atomic E-state index is 0. The molecule has 3 heterocycles.